The Balaban J connectivity index is 1.28. The van der Waals surface area contributed by atoms with Crippen LogP contribution in [0.2, 0.25) is 0 Å². The Morgan fingerprint density at radius 1 is 0.854 bits per heavy atom. The molecule has 2 bridgehead atoms. The molecule has 0 aromatic rings. The molecule has 0 radical (unpaired) electrons. The number of carboxylic acid groups (broad SMARTS) is 1. The quantitative estimate of drug-likeness (QED) is 0.156. The van der Waals surface area contributed by atoms with E-state index in [9.17, 15) is 14.7 Å². The van der Waals surface area contributed by atoms with Crippen molar-refractivity contribution >= 4 is 11.9 Å². The van der Waals surface area contributed by atoms with E-state index in [2.05, 4.69) is 48.5 Å². The second kappa shape index (κ2) is 12.9. The second-order valence-electron chi connectivity index (χ2n) is 17.7. The molecule has 0 aromatic heterocycles. The van der Waals surface area contributed by atoms with E-state index in [1.807, 2.05) is 6.92 Å². The first-order valence-corrected chi connectivity index (χ1v) is 19.3. The Hall–Kier alpha value is -1.48. The molecule has 2 aliphatic heterocycles. The van der Waals surface area contributed by atoms with E-state index in [4.69, 9.17) is 30.3 Å². The van der Waals surface area contributed by atoms with Gasteiger partial charge in [-0.15, -0.1) is 0 Å². The van der Waals surface area contributed by atoms with E-state index in [0.29, 0.717) is 5.92 Å². The number of carbonyl (C=O) groups excluding carboxylic acids is 1. The zero-order valence-corrected chi connectivity index (χ0v) is 31.2. The first-order valence-electron chi connectivity index (χ1n) is 19.3. The molecule has 8 nitrogen and oxygen atoms in total. The molecule has 6 rings (SSSR count). The fourth-order valence-electron chi connectivity index (χ4n) is 12.3. The summed E-state index contributed by atoms with van der Waals surface area (Å²) in [5.41, 5.74) is 0.0583. The summed E-state index contributed by atoms with van der Waals surface area (Å²) in [4.78, 5) is 24.9. The third-order valence-corrected chi connectivity index (χ3v) is 15.4. The van der Waals surface area contributed by atoms with Gasteiger partial charge in [-0.3, -0.25) is 9.59 Å². The number of carbonyl (C=O) groups is 2. The highest BCUT2D eigenvalue weighted by Gasteiger charge is 2.69. The molecule has 11 unspecified atom stereocenters. The number of aliphatic carboxylic acids is 1. The monoisotopic (exact) mass is 672 g/mol. The number of carboxylic acids is 1. The van der Waals surface area contributed by atoms with Gasteiger partial charge in [0.15, 0.2) is 18.7 Å². The molecule has 16 atom stereocenters. The molecule has 1 spiro atoms. The van der Waals surface area contributed by atoms with Crippen molar-refractivity contribution in [3.8, 4) is 0 Å². The van der Waals surface area contributed by atoms with Crippen molar-refractivity contribution in [3.63, 3.8) is 0 Å². The van der Waals surface area contributed by atoms with Gasteiger partial charge in [0.25, 0.3) is 0 Å². The van der Waals surface area contributed by atoms with Crippen LogP contribution in [-0.2, 0) is 33.3 Å². The lowest BCUT2D eigenvalue weighted by molar-refractivity contribution is -0.359. The van der Waals surface area contributed by atoms with E-state index in [1.54, 1.807) is 0 Å². The van der Waals surface area contributed by atoms with Crippen molar-refractivity contribution in [3.05, 3.63) is 12.2 Å². The topological polar surface area (TPSA) is 101 Å². The highest BCUT2D eigenvalue weighted by molar-refractivity contribution is 5.75. The predicted octanol–water partition coefficient (Wildman–Crippen LogP) is 8.31. The summed E-state index contributed by atoms with van der Waals surface area (Å²) in [5.74, 6) is 0.335. The van der Waals surface area contributed by atoms with Gasteiger partial charge in [-0.05, 0) is 117 Å². The smallest absolute Gasteiger partial charge is 0.309 e. The van der Waals surface area contributed by atoms with E-state index in [0.717, 1.165) is 76.2 Å². The summed E-state index contributed by atoms with van der Waals surface area (Å²) in [6.45, 7) is 23.6. The molecular weight excluding hydrogens is 608 g/mol. The highest BCUT2D eigenvalue weighted by Crippen LogP contribution is 2.73. The zero-order chi connectivity index (χ0) is 35.0. The number of hydrogen-bond donors (Lipinski definition) is 1. The van der Waals surface area contributed by atoms with Gasteiger partial charge < -0.3 is 28.8 Å². The fourth-order valence-corrected chi connectivity index (χ4v) is 12.3. The van der Waals surface area contributed by atoms with E-state index >= 15 is 0 Å². The molecule has 0 amide bonds. The minimum absolute atomic E-state index is 0.000548. The lowest BCUT2D eigenvalue weighted by Crippen LogP contribution is -2.61. The van der Waals surface area contributed by atoms with Crippen molar-refractivity contribution in [2.45, 2.75) is 176 Å². The lowest BCUT2D eigenvalue weighted by Gasteiger charge is -2.64. The maximum Gasteiger partial charge on any atom is 0.309 e. The van der Waals surface area contributed by atoms with Gasteiger partial charge in [-0.25, -0.2) is 0 Å². The van der Waals surface area contributed by atoms with Crippen LogP contribution in [0.1, 0.15) is 133 Å². The van der Waals surface area contributed by atoms with Crippen LogP contribution in [0.3, 0.4) is 0 Å². The van der Waals surface area contributed by atoms with Gasteiger partial charge in [-0.2, -0.15) is 0 Å². The molecule has 272 valence electrons. The van der Waals surface area contributed by atoms with Gasteiger partial charge in [0, 0.05) is 12.8 Å². The van der Waals surface area contributed by atoms with Gasteiger partial charge in [0.05, 0.1) is 23.2 Å². The van der Waals surface area contributed by atoms with Crippen LogP contribution < -0.4 is 0 Å². The summed E-state index contributed by atoms with van der Waals surface area (Å²) in [7, 11) is 0. The van der Waals surface area contributed by atoms with Gasteiger partial charge in [0.2, 0.25) is 0 Å². The van der Waals surface area contributed by atoms with Crippen LogP contribution >= 0.6 is 0 Å². The van der Waals surface area contributed by atoms with Crippen molar-refractivity contribution in [1.82, 2.24) is 0 Å². The average molecular weight is 673 g/mol. The number of ether oxygens (including phenoxy) is 5. The summed E-state index contributed by atoms with van der Waals surface area (Å²) in [6, 6.07) is 0. The number of hydrogen-bond acceptors (Lipinski definition) is 7. The maximum absolute atomic E-state index is 12.6. The van der Waals surface area contributed by atoms with Gasteiger partial charge in [0.1, 0.15) is 6.10 Å². The Bertz CT molecular complexity index is 1250. The van der Waals surface area contributed by atoms with Crippen LogP contribution in [0, 0.1) is 51.8 Å². The SMILES string of the molecule is C=C1C[C@@]23CC[C@H]4[C@@](C)(CCC[C@@]4(C)C(=O)O)[C@@H]2CCC1(OC1OC(CC)C(C)C(C)C1OC1OC(CC)C(C)C(C)C1OC(C)=O)C3. The maximum atomic E-state index is 12.6. The summed E-state index contributed by atoms with van der Waals surface area (Å²) in [5, 5.41) is 10.4. The first-order chi connectivity index (χ1) is 22.6. The van der Waals surface area contributed by atoms with E-state index in [-0.39, 0.29) is 58.6 Å². The minimum atomic E-state index is -0.714. The largest absolute Gasteiger partial charge is 0.481 e. The Labute approximate surface area is 289 Å². The van der Waals surface area contributed by atoms with Crippen molar-refractivity contribution in [1.29, 1.82) is 0 Å². The Morgan fingerprint density at radius 3 is 2.06 bits per heavy atom. The van der Waals surface area contributed by atoms with Gasteiger partial charge >= 0.3 is 11.9 Å². The lowest BCUT2D eigenvalue weighted by atomic mass is 9.41. The molecule has 2 heterocycles. The number of rotatable bonds is 8. The predicted molar refractivity (Wildman–Crippen MR) is 183 cm³/mol. The molecule has 0 aromatic carbocycles. The summed E-state index contributed by atoms with van der Waals surface area (Å²) < 4.78 is 33.6. The Kier molecular flexibility index (Phi) is 9.79. The fraction of sp³-hybridized carbons (Fsp3) is 0.900. The van der Waals surface area contributed by atoms with Crippen molar-refractivity contribution < 1.29 is 38.4 Å². The normalized spacial score (nSPS) is 51.9. The van der Waals surface area contributed by atoms with Crippen LogP contribution in [-0.4, -0.2) is 59.6 Å². The first kappa shape index (κ1) is 36.3. The molecule has 2 saturated heterocycles. The van der Waals surface area contributed by atoms with Crippen molar-refractivity contribution in [2.75, 3.05) is 0 Å². The molecule has 48 heavy (non-hydrogen) atoms. The highest BCUT2D eigenvalue weighted by atomic mass is 16.8. The molecule has 4 aliphatic carbocycles. The zero-order valence-electron chi connectivity index (χ0n) is 31.2. The van der Waals surface area contributed by atoms with Crippen LogP contribution in [0.4, 0.5) is 0 Å². The van der Waals surface area contributed by atoms with Crippen molar-refractivity contribution in [2.24, 2.45) is 51.8 Å². The Morgan fingerprint density at radius 2 is 1.46 bits per heavy atom. The minimum Gasteiger partial charge on any atom is -0.481 e. The average Bonchev–Trinajstić information content (AvgIpc) is 3.23. The summed E-state index contributed by atoms with van der Waals surface area (Å²) in [6.07, 6.45) is 8.03. The third kappa shape index (κ3) is 5.62. The third-order valence-electron chi connectivity index (χ3n) is 15.4. The molecule has 6 aliphatic rings. The molecule has 6 fully saturated rings. The van der Waals surface area contributed by atoms with Gasteiger partial charge in [-0.1, -0.05) is 61.5 Å². The molecule has 8 heteroatoms. The molecule has 4 saturated carbocycles. The van der Waals surface area contributed by atoms with Crippen LogP contribution in [0.25, 0.3) is 0 Å². The standard InChI is InChI=1S/C40H64O8/c1-11-28-23(4)25(6)32(44-27(8)41)34(45-28)47-33-26(7)24(5)29(12-2)46-35(33)48-40-19-15-31-37(9)16-13-17-38(10,36(42)43)30(37)14-18-39(31,21-40)20-22(40)3/h23-26,28-35H,3,11-21H2,1-2,4-10H3,(H,42,43)/t23?,24?,25?,26?,28?,29?,30-,31-,32?,33?,34?,35?,37+,38+,39+,40?/m0/s1. The van der Waals surface area contributed by atoms with Crippen LogP contribution in [0.15, 0.2) is 12.2 Å². The second-order valence-corrected chi connectivity index (χ2v) is 17.7. The molecular formula is C40H64O8. The summed E-state index contributed by atoms with van der Waals surface area (Å²) >= 11 is 0. The van der Waals surface area contributed by atoms with E-state index in [1.165, 1.54) is 6.92 Å². The molecule has 1 N–H and O–H groups in total. The number of esters is 1. The van der Waals surface area contributed by atoms with Crippen LogP contribution in [0.5, 0.6) is 0 Å². The number of fused-ring (bicyclic) bond motifs is 3. The van der Waals surface area contributed by atoms with E-state index < -0.39 is 41.8 Å².